The molecule has 0 aromatic heterocycles. The van der Waals surface area contributed by atoms with E-state index in [1.165, 1.54) is 186 Å². The summed E-state index contributed by atoms with van der Waals surface area (Å²) >= 11 is 0. The lowest BCUT2D eigenvalue weighted by Gasteiger charge is -2.18. The summed E-state index contributed by atoms with van der Waals surface area (Å²) < 4.78 is 21.8. The Morgan fingerprint density at radius 1 is 0.418 bits per heavy atom. The predicted octanol–water partition coefficient (Wildman–Crippen LogP) is 14.1. The van der Waals surface area contributed by atoms with E-state index in [1.54, 1.807) is 0 Å². The molecule has 0 heterocycles. The van der Waals surface area contributed by atoms with Crippen LogP contribution in [0, 0.1) is 0 Å². The van der Waals surface area contributed by atoms with Crippen molar-refractivity contribution in [2.75, 3.05) is 0 Å². The van der Waals surface area contributed by atoms with Crippen LogP contribution in [0.4, 0.5) is 0 Å². The van der Waals surface area contributed by atoms with Crippen LogP contribution in [0.1, 0.15) is 245 Å². The summed E-state index contributed by atoms with van der Waals surface area (Å²) in [5, 5.41) is 0. The number of carbonyl (C=O) groups excluding carboxylic acids is 4. The molecular weight excluding hydrogens is 693 g/mol. The average Bonchev–Trinajstić information content (AvgIpc) is 3.14. The fourth-order valence-corrected chi connectivity index (χ4v) is 6.93. The van der Waals surface area contributed by atoms with E-state index < -0.39 is 30.2 Å². The lowest BCUT2D eigenvalue weighted by atomic mass is 10.0. The van der Waals surface area contributed by atoms with Crippen molar-refractivity contribution in [3.05, 3.63) is 23.8 Å². The highest BCUT2D eigenvalue weighted by Gasteiger charge is 2.22. The summed E-state index contributed by atoms with van der Waals surface area (Å²) in [6.45, 7) is 6.94. The third kappa shape index (κ3) is 30.0. The molecule has 0 saturated carbocycles. The SMILES string of the molecule is CCCCCCCCCCCCCCCCCC(=O)Oc1ccc(C(OC(C)=O)OC(C)=O)cc1OC(=O)CCCCCCCCCCCCCCCCC. The van der Waals surface area contributed by atoms with Crippen molar-refractivity contribution in [3.63, 3.8) is 0 Å². The van der Waals surface area contributed by atoms with Crippen molar-refractivity contribution >= 4 is 23.9 Å². The molecule has 0 aliphatic heterocycles. The maximum atomic E-state index is 12.9. The maximum Gasteiger partial charge on any atom is 0.311 e. The number of hydrogen-bond donors (Lipinski definition) is 0. The zero-order chi connectivity index (χ0) is 40.2. The molecule has 55 heavy (non-hydrogen) atoms. The first kappa shape index (κ1) is 50.1. The highest BCUT2D eigenvalue weighted by atomic mass is 16.7. The highest BCUT2D eigenvalue weighted by molar-refractivity contribution is 5.76. The highest BCUT2D eigenvalue weighted by Crippen LogP contribution is 2.33. The van der Waals surface area contributed by atoms with Crippen molar-refractivity contribution < 1.29 is 38.1 Å². The number of esters is 4. The molecule has 1 aromatic carbocycles. The van der Waals surface area contributed by atoms with Crippen LogP contribution in [-0.4, -0.2) is 23.9 Å². The van der Waals surface area contributed by atoms with E-state index in [1.807, 2.05) is 0 Å². The largest absolute Gasteiger partial charge is 0.423 e. The Kier molecular flexibility index (Phi) is 32.4. The van der Waals surface area contributed by atoms with Gasteiger partial charge in [-0.05, 0) is 31.0 Å². The van der Waals surface area contributed by atoms with E-state index in [-0.39, 0.29) is 29.9 Å². The summed E-state index contributed by atoms with van der Waals surface area (Å²) in [7, 11) is 0. The molecule has 1 aromatic rings. The molecule has 0 saturated heterocycles. The van der Waals surface area contributed by atoms with Gasteiger partial charge < -0.3 is 18.9 Å². The van der Waals surface area contributed by atoms with Crippen LogP contribution in [-0.2, 0) is 28.7 Å². The number of hydrogen-bond acceptors (Lipinski definition) is 8. The van der Waals surface area contributed by atoms with Crippen molar-refractivity contribution in [2.24, 2.45) is 0 Å². The molecule has 316 valence electrons. The number of carbonyl (C=O) groups is 4. The number of unbranched alkanes of at least 4 members (excludes halogenated alkanes) is 28. The first-order valence-electron chi connectivity index (χ1n) is 22.7. The molecule has 0 N–H and O–H groups in total. The minimum absolute atomic E-state index is 0.0256. The van der Waals surface area contributed by atoms with Gasteiger partial charge in [-0.15, -0.1) is 0 Å². The van der Waals surface area contributed by atoms with Crippen LogP contribution in [0.5, 0.6) is 11.5 Å². The molecule has 0 radical (unpaired) electrons. The van der Waals surface area contributed by atoms with Gasteiger partial charge in [0, 0.05) is 32.3 Å². The second-order valence-electron chi connectivity index (χ2n) is 15.6. The number of benzene rings is 1. The summed E-state index contributed by atoms with van der Waals surface area (Å²) in [6, 6.07) is 4.44. The van der Waals surface area contributed by atoms with Gasteiger partial charge in [0.05, 0.1) is 0 Å². The number of rotatable bonds is 37. The Bertz CT molecular complexity index is 1120. The van der Waals surface area contributed by atoms with Crippen LogP contribution < -0.4 is 9.47 Å². The quantitative estimate of drug-likeness (QED) is 0.0285. The van der Waals surface area contributed by atoms with Gasteiger partial charge in [0.15, 0.2) is 11.5 Å². The van der Waals surface area contributed by atoms with Crippen molar-refractivity contribution in [2.45, 2.75) is 239 Å². The predicted molar refractivity (Wildman–Crippen MR) is 223 cm³/mol. The molecule has 0 unspecified atom stereocenters. The Morgan fingerprint density at radius 3 is 1.02 bits per heavy atom. The normalized spacial score (nSPS) is 11.1. The second kappa shape index (κ2) is 35.5. The molecule has 0 spiro atoms. The van der Waals surface area contributed by atoms with Crippen LogP contribution in [0.15, 0.2) is 18.2 Å². The molecule has 0 fully saturated rings. The average molecular weight is 773 g/mol. The molecule has 0 amide bonds. The molecule has 0 atom stereocenters. The molecule has 1 rings (SSSR count). The van der Waals surface area contributed by atoms with Gasteiger partial charge in [-0.2, -0.15) is 0 Å². The summed E-state index contributed by atoms with van der Waals surface area (Å²) in [4.78, 5) is 49.2. The van der Waals surface area contributed by atoms with E-state index in [4.69, 9.17) is 18.9 Å². The van der Waals surface area contributed by atoms with Gasteiger partial charge in [0.2, 0.25) is 0 Å². The van der Waals surface area contributed by atoms with Crippen molar-refractivity contribution in [1.82, 2.24) is 0 Å². The molecule has 0 aliphatic carbocycles. The Balaban J connectivity index is 2.46. The van der Waals surface area contributed by atoms with Gasteiger partial charge in [0.1, 0.15) is 0 Å². The van der Waals surface area contributed by atoms with Crippen LogP contribution in [0.3, 0.4) is 0 Å². The Hall–Kier alpha value is -2.90. The molecule has 0 bridgehead atoms. The topological polar surface area (TPSA) is 105 Å². The van der Waals surface area contributed by atoms with Gasteiger partial charge in [0.25, 0.3) is 6.29 Å². The van der Waals surface area contributed by atoms with Gasteiger partial charge in [-0.25, -0.2) is 0 Å². The first-order chi connectivity index (χ1) is 26.8. The fourth-order valence-electron chi connectivity index (χ4n) is 6.93. The summed E-state index contributed by atoms with van der Waals surface area (Å²) in [6.07, 6.45) is 36.4. The zero-order valence-corrected chi connectivity index (χ0v) is 35.7. The van der Waals surface area contributed by atoms with Gasteiger partial charge >= 0.3 is 23.9 Å². The Labute approximate surface area is 335 Å². The van der Waals surface area contributed by atoms with Gasteiger partial charge in [-0.1, -0.05) is 194 Å². The smallest absolute Gasteiger partial charge is 0.311 e. The zero-order valence-electron chi connectivity index (χ0n) is 35.7. The monoisotopic (exact) mass is 773 g/mol. The third-order valence-corrected chi connectivity index (χ3v) is 10.2. The van der Waals surface area contributed by atoms with Crippen LogP contribution in [0.2, 0.25) is 0 Å². The van der Waals surface area contributed by atoms with Crippen molar-refractivity contribution in [1.29, 1.82) is 0 Å². The molecular formula is C47H80O8. The summed E-state index contributed by atoms with van der Waals surface area (Å²) in [5.41, 5.74) is 0.280. The molecule has 8 nitrogen and oxygen atoms in total. The lowest BCUT2D eigenvalue weighted by molar-refractivity contribution is -0.186. The van der Waals surface area contributed by atoms with E-state index in [2.05, 4.69) is 13.8 Å². The molecule has 8 heteroatoms. The van der Waals surface area contributed by atoms with E-state index in [0.29, 0.717) is 6.42 Å². The Morgan fingerprint density at radius 2 is 0.709 bits per heavy atom. The maximum absolute atomic E-state index is 12.9. The van der Waals surface area contributed by atoms with Crippen molar-refractivity contribution in [3.8, 4) is 11.5 Å². The first-order valence-corrected chi connectivity index (χ1v) is 22.7. The molecule has 0 aliphatic rings. The summed E-state index contributed by atoms with van der Waals surface area (Å²) in [5.74, 6) is -2.00. The van der Waals surface area contributed by atoms with Crippen LogP contribution in [0.25, 0.3) is 0 Å². The van der Waals surface area contributed by atoms with Gasteiger partial charge in [-0.3, -0.25) is 19.2 Å². The minimum Gasteiger partial charge on any atom is -0.423 e. The second-order valence-corrected chi connectivity index (χ2v) is 15.6. The standard InChI is InChI=1S/C47H80O8/c1-5-7-9-11-13-15-17-19-21-23-25-27-29-31-33-35-45(50)54-43-38-37-42(47(52-40(3)48)53-41(4)49)39-44(43)55-46(51)36-34-32-30-28-26-24-22-20-18-16-14-12-10-8-6-2/h37-39,47H,5-36H2,1-4H3. The fraction of sp³-hybridized carbons (Fsp3) is 0.787. The minimum atomic E-state index is -1.33. The third-order valence-electron chi connectivity index (χ3n) is 10.2. The van der Waals surface area contributed by atoms with E-state index in [0.717, 1.165) is 32.1 Å². The lowest BCUT2D eigenvalue weighted by Crippen LogP contribution is -2.16. The van der Waals surface area contributed by atoms with E-state index in [9.17, 15) is 19.2 Å². The van der Waals surface area contributed by atoms with Crippen LogP contribution >= 0.6 is 0 Å². The van der Waals surface area contributed by atoms with E-state index >= 15 is 0 Å². The number of ether oxygens (including phenoxy) is 4.